The predicted molar refractivity (Wildman–Crippen MR) is 130 cm³/mol. The molecule has 10 heteroatoms. The fourth-order valence-electron chi connectivity index (χ4n) is 2.47. The van der Waals surface area contributed by atoms with E-state index in [0.717, 1.165) is 4.47 Å². The minimum Gasteiger partial charge on any atom is -0.490 e. The smallest absolute Gasteiger partial charge is 0.329 e. The molecule has 3 N–H and O–H groups in total. The van der Waals surface area contributed by atoms with Crippen molar-refractivity contribution in [3.63, 3.8) is 0 Å². The van der Waals surface area contributed by atoms with Gasteiger partial charge in [-0.15, -0.1) is 0 Å². The van der Waals surface area contributed by atoms with Gasteiger partial charge in [0.05, 0.1) is 12.8 Å². The van der Waals surface area contributed by atoms with Gasteiger partial charge in [0.2, 0.25) is 0 Å². The van der Waals surface area contributed by atoms with Gasteiger partial charge in [0, 0.05) is 16.2 Å². The summed E-state index contributed by atoms with van der Waals surface area (Å²) in [6, 6.07) is 12.1. The van der Waals surface area contributed by atoms with E-state index in [1.807, 2.05) is 26.0 Å². The van der Waals surface area contributed by atoms with Crippen LogP contribution in [0.15, 0.2) is 52.0 Å². The summed E-state index contributed by atoms with van der Waals surface area (Å²) >= 11 is 3.34. The molecular weight excluding hydrogens is 492 g/mol. The number of amides is 3. The van der Waals surface area contributed by atoms with Gasteiger partial charge in [0.25, 0.3) is 5.91 Å². The topological polar surface area (TPSA) is 118 Å². The molecule has 0 aliphatic rings. The molecule has 0 aliphatic heterocycles. The van der Waals surface area contributed by atoms with E-state index in [2.05, 4.69) is 37.1 Å². The van der Waals surface area contributed by atoms with Crippen LogP contribution in [0.25, 0.3) is 0 Å². The molecule has 2 aromatic carbocycles. The molecule has 2 rings (SSSR count). The molecule has 33 heavy (non-hydrogen) atoms. The van der Waals surface area contributed by atoms with Crippen LogP contribution in [0.2, 0.25) is 0 Å². The van der Waals surface area contributed by atoms with E-state index in [0.29, 0.717) is 35.8 Å². The Balaban J connectivity index is 1.95. The van der Waals surface area contributed by atoms with Crippen molar-refractivity contribution in [1.82, 2.24) is 10.7 Å². The van der Waals surface area contributed by atoms with Gasteiger partial charge in [0.1, 0.15) is 0 Å². The van der Waals surface area contributed by atoms with E-state index >= 15 is 0 Å². The first-order chi connectivity index (χ1) is 15.8. The van der Waals surface area contributed by atoms with Gasteiger partial charge in [-0.3, -0.25) is 14.4 Å². The van der Waals surface area contributed by atoms with Gasteiger partial charge in [-0.1, -0.05) is 22.9 Å². The van der Waals surface area contributed by atoms with Crippen LogP contribution >= 0.6 is 15.9 Å². The average Bonchev–Trinajstić information content (AvgIpc) is 2.80. The highest BCUT2D eigenvalue weighted by Gasteiger charge is 2.14. The number of ether oxygens (including phenoxy) is 2. The maximum absolute atomic E-state index is 12.2. The van der Waals surface area contributed by atoms with E-state index in [1.54, 1.807) is 37.3 Å². The molecule has 2 aromatic rings. The first-order valence-corrected chi connectivity index (χ1v) is 11.2. The Bertz CT molecular complexity index is 995. The molecule has 0 spiro atoms. The summed E-state index contributed by atoms with van der Waals surface area (Å²) in [5.74, 6) is -1.12. The molecule has 0 radical (unpaired) electrons. The predicted octanol–water partition coefficient (Wildman–Crippen LogP) is 3.23. The molecule has 176 valence electrons. The lowest BCUT2D eigenvalue weighted by Gasteiger charge is -2.13. The molecule has 0 heterocycles. The number of hydrazone groups is 1. The quantitative estimate of drug-likeness (QED) is 0.253. The highest BCUT2D eigenvalue weighted by Crippen LogP contribution is 2.28. The number of hydrogen-bond donors (Lipinski definition) is 3. The maximum atomic E-state index is 12.2. The van der Waals surface area contributed by atoms with E-state index in [4.69, 9.17) is 9.47 Å². The Labute approximate surface area is 201 Å². The molecule has 0 fully saturated rings. The Morgan fingerprint density at radius 1 is 1.03 bits per heavy atom. The third kappa shape index (κ3) is 8.93. The summed E-state index contributed by atoms with van der Waals surface area (Å²) in [5.41, 5.74) is 3.44. The van der Waals surface area contributed by atoms with Gasteiger partial charge in [0.15, 0.2) is 18.1 Å². The molecule has 1 atom stereocenters. The number of carbonyl (C=O) groups is 3. The molecule has 0 bridgehead atoms. The lowest BCUT2D eigenvalue weighted by atomic mass is 10.2. The highest BCUT2D eigenvalue weighted by molar-refractivity contribution is 9.10. The number of hydrogen-bond acceptors (Lipinski definition) is 6. The zero-order chi connectivity index (χ0) is 24.2. The molecule has 9 nitrogen and oxygen atoms in total. The Kier molecular flexibility index (Phi) is 10.4. The van der Waals surface area contributed by atoms with Gasteiger partial charge >= 0.3 is 11.8 Å². The number of rotatable bonds is 10. The van der Waals surface area contributed by atoms with Crippen LogP contribution in [-0.2, 0) is 14.4 Å². The minimum absolute atomic E-state index is 0.106. The number of nitrogens with one attached hydrogen (secondary N) is 3. The van der Waals surface area contributed by atoms with Gasteiger partial charge in [-0.05, 0) is 68.3 Å². The van der Waals surface area contributed by atoms with Gasteiger partial charge in [-0.25, -0.2) is 5.43 Å². The van der Waals surface area contributed by atoms with Crippen LogP contribution in [0.4, 0.5) is 5.69 Å². The number of carbonyl (C=O) groups excluding carboxylic acids is 3. The molecule has 0 aliphatic carbocycles. The second-order valence-corrected chi connectivity index (χ2v) is 7.88. The third-order valence-corrected chi connectivity index (χ3v) is 4.86. The first kappa shape index (κ1) is 25.9. The second-order valence-electron chi connectivity index (χ2n) is 6.96. The summed E-state index contributed by atoms with van der Waals surface area (Å²) in [6.45, 7) is 5.71. The summed E-state index contributed by atoms with van der Waals surface area (Å²) in [4.78, 5) is 35.7. The first-order valence-electron chi connectivity index (χ1n) is 10.4. The molecule has 0 saturated carbocycles. The third-order valence-electron chi connectivity index (χ3n) is 4.33. The van der Waals surface area contributed by atoms with Crippen molar-refractivity contribution >= 4 is 45.6 Å². The van der Waals surface area contributed by atoms with Gasteiger partial charge < -0.3 is 20.1 Å². The van der Waals surface area contributed by atoms with Crippen LogP contribution < -0.4 is 25.5 Å². The molecule has 0 aromatic heterocycles. The lowest BCUT2D eigenvalue weighted by Crippen LogP contribution is -2.41. The molecule has 0 unspecified atom stereocenters. The second kappa shape index (κ2) is 13.2. The molecule has 3 amide bonds. The van der Waals surface area contributed by atoms with Crippen molar-refractivity contribution in [3.8, 4) is 11.5 Å². The van der Waals surface area contributed by atoms with Crippen molar-refractivity contribution in [3.05, 3.63) is 52.5 Å². The zero-order valence-corrected chi connectivity index (χ0v) is 20.3. The van der Waals surface area contributed by atoms with Crippen molar-refractivity contribution < 1.29 is 23.9 Å². The van der Waals surface area contributed by atoms with Crippen LogP contribution in [-0.4, -0.2) is 43.2 Å². The van der Waals surface area contributed by atoms with E-state index in [1.165, 1.54) is 6.21 Å². The van der Waals surface area contributed by atoms with Crippen molar-refractivity contribution in [2.24, 2.45) is 5.10 Å². The maximum Gasteiger partial charge on any atom is 0.329 e. The molecular formula is C23H27BrN4O5. The minimum atomic E-state index is -0.853. The van der Waals surface area contributed by atoms with Crippen LogP contribution in [0, 0.1) is 0 Å². The monoisotopic (exact) mass is 518 g/mol. The summed E-state index contributed by atoms with van der Waals surface area (Å²) in [6.07, 6.45) is 2.09. The average molecular weight is 519 g/mol. The van der Waals surface area contributed by atoms with E-state index < -0.39 is 11.8 Å². The normalized spacial score (nSPS) is 11.5. The standard InChI is InChI=1S/C23H27BrN4O5/c1-4-15(3)26-22(30)23(31)28-25-13-16-6-11-19(20(12-16)32-5-2)33-14-21(29)27-18-9-7-17(24)8-10-18/h6-13,15H,4-5,14H2,1-3H3,(H,26,30)(H,27,29)(H,28,31)/b25-13-/t15-/m1/s1. The Morgan fingerprint density at radius 2 is 1.76 bits per heavy atom. The lowest BCUT2D eigenvalue weighted by molar-refractivity contribution is -0.139. The summed E-state index contributed by atoms with van der Waals surface area (Å²) in [7, 11) is 0. The van der Waals surface area contributed by atoms with Gasteiger partial charge in [-0.2, -0.15) is 5.10 Å². The Hall–Kier alpha value is -3.40. The summed E-state index contributed by atoms with van der Waals surface area (Å²) < 4.78 is 12.1. The largest absolute Gasteiger partial charge is 0.490 e. The van der Waals surface area contributed by atoms with Crippen LogP contribution in [0.5, 0.6) is 11.5 Å². The van der Waals surface area contributed by atoms with E-state index in [-0.39, 0.29) is 18.6 Å². The Morgan fingerprint density at radius 3 is 2.42 bits per heavy atom. The fourth-order valence-corrected chi connectivity index (χ4v) is 2.74. The number of benzene rings is 2. The number of halogens is 1. The van der Waals surface area contributed by atoms with Crippen LogP contribution in [0.1, 0.15) is 32.8 Å². The van der Waals surface area contributed by atoms with Crippen molar-refractivity contribution in [2.75, 3.05) is 18.5 Å². The van der Waals surface area contributed by atoms with Crippen LogP contribution in [0.3, 0.4) is 0 Å². The fraction of sp³-hybridized carbons (Fsp3) is 0.304. The zero-order valence-electron chi connectivity index (χ0n) is 18.7. The highest BCUT2D eigenvalue weighted by atomic mass is 79.9. The van der Waals surface area contributed by atoms with Crippen molar-refractivity contribution in [2.45, 2.75) is 33.2 Å². The number of nitrogens with zero attached hydrogens (tertiary/aromatic N) is 1. The SMILES string of the molecule is CCOc1cc(/C=N\NC(=O)C(=O)N[C@H](C)CC)ccc1OCC(=O)Nc1ccc(Br)cc1. The summed E-state index contributed by atoms with van der Waals surface area (Å²) in [5, 5.41) is 9.11. The number of anilines is 1. The van der Waals surface area contributed by atoms with E-state index in [9.17, 15) is 14.4 Å². The molecule has 0 saturated heterocycles. The van der Waals surface area contributed by atoms with Crippen molar-refractivity contribution in [1.29, 1.82) is 0 Å².